The second-order valence-electron chi connectivity index (χ2n) is 7.94. The minimum atomic E-state index is 0.562. The lowest BCUT2D eigenvalue weighted by Crippen LogP contribution is -2.14. The van der Waals surface area contributed by atoms with Crippen molar-refractivity contribution >= 4 is 11.3 Å². The van der Waals surface area contributed by atoms with Crippen molar-refractivity contribution in [2.45, 2.75) is 26.6 Å². The molecule has 1 aromatic carbocycles. The van der Waals surface area contributed by atoms with Crippen molar-refractivity contribution in [2.75, 3.05) is 5.32 Å². The van der Waals surface area contributed by atoms with E-state index < -0.39 is 0 Å². The SMILES string of the molecule is Cc1ccc2ncc(CNCc3cccc(NCc4nnc(-c5ccncn5)n4C)c3)n2c1. The van der Waals surface area contributed by atoms with Gasteiger partial charge in [0.1, 0.15) is 17.7 Å². The zero-order valence-electron chi connectivity index (χ0n) is 18.6. The second-order valence-corrected chi connectivity index (χ2v) is 7.94. The number of fused-ring (bicyclic) bond motifs is 1. The van der Waals surface area contributed by atoms with Gasteiger partial charge in [0, 0.05) is 38.2 Å². The van der Waals surface area contributed by atoms with Crippen LogP contribution in [0.4, 0.5) is 5.69 Å². The highest BCUT2D eigenvalue weighted by atomic mass is 15.3. The standard InChI is InChI=1S/C24H25N9/c1-17-6-7-22-28-13-20(33(22)15-17)12-26-11-18-4-3-5-19(10-18)27-14-23-30-31-24(32(23)2)21-8-9-25-16-29-21/h3-10,13,15-16,26-27H,11-12,14H2,1-2H3. The lowest BCUT2D eigenvalue weighted by atomic mass is 10.2. The Morgan fingerprint density at radius 1 is 0.970 bits per heavy atom. The summed E-state index contributed by atoms with van der Waals surface area (Å²) in [6, 6.07) is 14.3. The van der Waals surface area contributed by atoms with E-state index in [9.17, 15) is 0 Å². The molecule has 5 rings (SSSR count). The van der Waals surface area contributed by atoms with Gasteiger partial charge in [0.25, 0.3) is 0 Å². The van der Waals surface area contributed by atoms with E-state index in [1.165, 1.54) is 17.5 Å². The summed E-state index contributed by atoms with van der Waals surface area (Å²) in [7, 11) is 1.94. The van der Waals surface area contributed by atoms with E-state index in [-0.39, 0.29) is 0 Å². The van der Waals surface area contributed by atoms with Gasteiger partial charge in [-0.1, -0.05) is 18.2 Å². The summed E-state index contributed by atoms with van der Waals surface area (Å²) in [5, 5.41) is 15.5. The fourth-order valence-electron chi connectivity index (χ4n) is 3.74. The minimum absolute atomic E-state index is 0.562. The van der Waals surface area contributed by atoms with Crippen LogP contribution in [0.3, 0.4) is 0 Å². The molecule has 0 unspecified atom stereocenters. The maximum atomic E-state index is 4.47. The van der Waals surface area contributed by atoms with Crippen molar-refractivity contribution in [3.05, 3.63) is 90.0 Å². The van der Waals surface area contributed by atoms with Crippen molar-refractivity contribution in [3.63, 3.8) is 0 Å². The first-order valence-corrected chi connectivity index (χ1v) is 10.8. The van der Waals surface area contributed by atoms with Crippen molar-refractivity contribution in [2.24, 2.45) is 7.05 Å². The molecule has 0 aliphatic carbocycles. The highest BCUT2D eigenvalue weighted by molar-refractivity contribution is 5.49. The molecule has 0 saturated heterocycles. The molecule has 0 amide bonds. The Hall–Kier alpha value is -4.11. The molecule has 166 valence electrons. The van der Waals surface area contributed by atoms with Crippen LogP contribution in [0.2, 0.25) is 0 Å². The lowest BCUT2D eigenvalue weighted by Gasteiger charge is -2.10. The molecule has 0 spiro atoms. The number of hydrogen-bond acceptors (Lipinski definition) is 7. The Labute approximate surface area is 191 Å². The third-order valence-electron chi connectivity index (χ3n) is 5.52. The Bertz CT molecular complexity index is 1370. The fourth-order valence-corrected chi connectivity index (χ4v) is 3.74. The minimum Gasteiger partial charge on any atom is -0.378 e. The van der Waals surface area contributed by atoms with Crippen LogP contribution in [0.1, 0.15) is 22.6 Å². The number of pyridine rings is 1. The molecule has 4 heterocycles. The smallest absolute Gasteiger partial charge is 0.182 e. The molecule has 0 radical (unpaired) electrons. The molecule has 0 fully saturated rings. The summed E-state index contributed by atoms with van der Waals surface area (Å²) < 4.78 is 4.08. The van der Waals surface area contributed by atoms with Gasteiger partial charge in [-0.2, -0.15) is 0 Å². The average Bonchev–Trinajstić information content (AvgIpc) is 3.41. The van der Waals surface area contributed by atoms with Gasteiger partial charge in [-0.15, -0.1) is 10.2 Å². The van der Waals surface area contributed by atoms with Crippen molar-refractivity contribution in [1.82, 2.24) is 39.4 Å². The summed E-state index contributed by atoms with van der Waals surface area (Å²) in [6.07, 6.45) is 7.26. The van der Waals surface area contributed by atoms with E-state index in [1.54, 1.807) is 6.20 Å². The number of nitrogens with one attached hydrogen (secondary N) is 2. The molecule has 9 heteroatoms. The first kappa shape index (κ1) is 20.8. The zero-order chi connectivity index (χ0) is 22.6. The van der Waals surface area contributed by atoms with E-state index in [1.807, 2.05) is 29.9 Å². The molecule has 33 heavy (non-hydrogen) atoms. The maximum absolute atomic E-state index is 4.47. The number of benzene rings is 1. The number of imidazole rings is 1. The van der Waals surface area contributed by atoms with E-state index in [2.05, 4.69) is 83.6 Å². The molecular formula is C24H25N9. The maximum Gasteiger partial charge on any atom is 0.182 e. The number of aryl methyl sites for hydroxylation is 1. The van der Waals surface area contributed by atoms with Crippen LogP contribution in [-0.2, 0) is 26.7 Å². The van der Waals surface area contributed by atoms with E-state index in [0.717, 1.165) is 47.5 Å². The van der Waals surface area contributed by atoms with Crippen LogP contribution in [0, 0.1) is 6.92 Å². The molecule has 2 N–H and O–H groups in total. The van der Waals surface area contributed by atoms with Crippen molar-refractivity contribution in [3.8, 4) is 11.5 Å². The van der Waals surface area contributed by atoms with Crippen LogP contribution < -0.4 is 10.6 Å². The third-order valence-corrected chi connectivity index (χ3v) is 5.52. The largest absolute Gasteiger partial charge is 0.378 e. The van der Waals surface area contributed by atoms with Gasteiger partial charge < -0.3 is 19.6 Å². The summed E-state index contributed by atoms with van der Waals surface area (Å²) in [5.41, 5.74) is 6.31. The van der Waals surface area contributed by atoms with E-state index >= 15 is 0 Å². The normalized spacial score (nSPS) is 11.2. The first-order valence-electron chi connectivity index (χ1n) is 10.8. The summed E-state index contributed by atoms with van der Waals surface area (Å²) >= 11 is 0. The number of anilines is 1. The number of hydrogen-bond donors (Lipinski definition) is 2. The average molecular weight is 440 g/mol. The Morgan fingerprint density at radius 2 is 1.91 bits per heavy atom. The van der Waals surface area contributed by atoms with Crippen LogP contribution in [-0.4, -0.2) is 34.1 Å². The van der Waals surface area contributed by atoms with E-state index in [4.69, 9.17) is 0 Å². The molecule has 5 aromatic rings. The topological polar surface area (TPSA) is 97.8 Å². The van der Waals surface area contributed by atoms with Gasteiger partial charge in [0.05, 0.1) is 18.4 Å². The van der Waals surface area contributed by atoms with Gasteiger partial charge in [-0.3, -0.25) is 0 Å². The number of nitrogens with zero attached hydrogens (tertiary/aromatic N) is 7. The monoisotopic (exact) mass is 439 g/mol. The van der Waals surface area contributed by atoms with Gasteiger partial charge in [0.2, 0.25) is 0 Å². The molecule has 0 aliphatic heterocycles. The number of rotatable bonds is 8. The number of aromatic nitrogens is 7. The van der Waals surface area contributed by atoms with Crippen molar-refractivity contribution in [1.29, 1.82) is 0 Å². The molecule has 0 atom stereocenters. The third kappa shape index (κ3) is 4.58. The second kappa shape index (κ2) is 9.17. The van der Waals surface area contributed by atoms with Crippen LogP contribution in [0.5, 0.6) is 0 Å². The van der Waals surface area contributed by atoms with Crippen LogP contribution in [0.25, 0.3) is 17.2 Å². The van der Waals surface area contributed by atoms with Crippen LogP contribution >= 0.6 is 0 Å². The molecule has 0 bridgehead atoms. The van der Waals surface area contributed by atoms with Crippen LogP contribution in [0.15, 0.2) is 67.4 Å². The van der Waals surface area contributed by atoms with E-state index in [0.29, 0.717) is 6.54 Å². The molecular weight excluding hydrogens is 414 g/mol. The zero-order valence-corrected chi connectivity index (χ0v) is 18.6. The summed E-state index contributed by atoms with van der Waals surface area (Å²) in [4.78, 5) is 12.7. The van der Waals surface area contributed by atoms with Gasteiger partial charge in [-0.25, -0.2) is 15.0 Å². The quantitative estimate of drug-likeness (QED) is 0.383. The molecule has 9 nitrogen and oxygen atoms in total. The predicted octanol–water partition coefficient (Wildman–Crippen LogP) is 3.13. The predicted molar refractivity (Wildman–Crippen MR) is 126 cm³/mol. The molecule has 0 aliphatic rings. The molecule has 0 saturated carbocycles. The van der Waals surface area contributed by atoms with Gasteiger partial charge >= 0.3 is 0 Å². The van der Waals surface area contributed by atoms with Crippen molar-refractivity contribution < 1.29 is 0 Å². The molecule has 4 aromatic heterocycles. The fraction of sp³-hybridized carbons (Fsp3) is 0.208. The Kier molecular flexibility index (Phi) is 5.77. The van der Waals surface area contributed by atoms with Gasteiger partial charge in [0.15, 0.2) is 11.6 Å². The summed E-state index contributed by atoms with van der Waals surface area (Å²) in [6.45, 7) is 4.16. The Balaban J connectivity index is 1.19. The lowest BCUT2D eigenvalue weighted by molar-refractivity contribution is 0.675. The first-order chi connectivity index (χ1) is 16.2. The summed E-state index contributed by atoms with van der Waals surface area (Å²) in [5.74, 6) is 1.55. The highest BCUT2D eigenvalue weighted by Gasteiger charge is 2.11. The van der Waals surface area contributed by atoms with Gasteiger partial charge in [-0.05, 0) is 42.3 Å². The highest BCUT2D eigenvalue weighted by Crippen LogP contribution is 2.16. The Morgan fingerprint density at radius 3 is 2.79 bits per heavy atom.